The van der Waals surface area contributed by atoms with E-state index in [0.29, 0.717) is 10.7 Å². The minimum Gasteiger partial charge on any atom is -0.348 e. The largest absolute Gasteiger partial charge is 0.348 e. The molecule has 1 aliphatic rings. The molecule has 1 aliphatic heterocycles. The van der Waals surface area contributed by atoms with Crippen molar-refractivity contribution in [3.8, 4) is 0 Å². The van der Waals surface area contributed by atoms with Crippen LogP contribution >= 0.6 is 11.6 Å². The molecule has 3 rings (SSSR count). The van der Waals surface area contributed by atoms with Gasteiger partial charge in [0.15, 0.2) is 0 Å². The molecular formula is C15H16ClN3O. The summed E-state index contributed by atoms with van der Waals surface area (Å²) >= 11 is 5.96. The Balaban J connectivity index is 1.80. The second-order valence-corrected chi connectivity index (χ2v) is 5.47. The zero-order chi connectivity index (χ0) is 13.9. The lowest BCUT2D eigenvalue weighted by atomic mass is 10.1. The van der Waals surface area contributed by atoms with Gasteiger partial charge >= 0.3 is 0 Å². The summed E-state index contributed by atoms with van der Waals surface area (Å²) < 4.78 is 0. The standard InChI is InChI=1S/C15H16ClN3O/c16-11-3-1-10-2-4-13(19-14(10)9-11)15(20)18-12-5-7-17-8-6-12/h1-4,9,12,17H,5-8H2,(H,18,20). The maximum atomic E-state index is 12.2. The highest BCUT2D eigenvalue weighted by Crippen LogP contribution is 2.18. The molecule has 1 fully saturated rings. The van der Waals surface area contributed by atoms with E-state index < -0.39 is 0 Å². The van der Waals surface area contributed by atoms with Crippen LogP contribution in [-0.2, 0) is 0 Å². The molecule has 20 heavy (non-hydrogen) atoms. The summed E-state index contributed by atoms with van der Waals surface area (Å²) in [7, 11) is 0. The smallest absolute Gasteiger partial charge is 0.270 e. The van der Waals surface area contributed by atoms with Crippen molar-refractivity contribution >= 4 is 28.4 Å². The SMILES string of the molecule is O=C(NC1CCNCC1)c1ccc2ccc(Cl)cc2n1. The molecule has 2 heterocycles. The minimum atomic E-state index is -0.112. The molecule has 0 unspecified atom stereocenters. The Bertz CT molecular complexity index is 638. The summed E-state index contributed by atoms with van der Waals surface area (Å²) in [6, 6.07) is 9.39. The average molecular weight is 290 g/mol. The van der Waals surface area contributed by atoms with Gasteiger partial charge in [0.2, 0.25) is 0 Å². The van der Waals surface area contributed by atoms with Crippen LogP contribution in [0.1, 0.15) is 23.3 Å². The van der Waals surface area contributed by atoms with Crippen molar-refractivity contribution in [2.45, 2.75) is 18.9 Å². The molecule has 0 saturated carbocycles. The van der Waals surface area contributed by atoms with Crippen molar-refractivity contribution in [2.24, 2.45) is 0 Å². The predicted octanol–water partition coefficient (Wildman–Crippen LogP) is 2.37. The summed E-state index contributed by atoms with van der Waals surface area (Å²) in [6.45, 7) is 1.90. The van der Waals surface area contributed by atoms with Crippen LogP contribution in [0.4, 0.5) is 0 Å². The number of pyridine rings is 1. The van der Waals surface area contributed by atoms with E-state index in [2.05, 4.69) is 15.6 Å². The third-order valence-corrected chi connectivity index (χ3v) is 3.80. The number of hydrogen-bond acceptors (Lipinski definition) is 3. The van der Waals surface area contributed by atoms with Gasteiger partial charge in [0.25, 0.3) is 5.91 Å². The summed E-state index contributed by atoms with van der Waals surface area (Å²) in [4.78, 5) is 16.6. The van der Waals surface area contributed by atoms with E-state index in [1.165, 1.54) is 0 Å². The molecule has 4 nitrogen and oxygen atoms in total. The summed E-state index contributed by atoms with van der Waals surface area (Å²) in [5, 5.41) is 7.92. The highest BCUT2D eigenvalue weighted by atomic mass is 35.5. The van der Waals surface area contributed by atoms with Gasteiger partial charge in [-0.3, -0.25) is 4.79 Å². The number of hydrogen-bond donors (Lipinski definition) is 2. The van der Waals surface area contributed by atoms with E-state index in [4.69, 9.17) is 11.6 Å². The number of piperidine rings is 1. The molecule has 1 saturated heterocycles. The Morgan fingerprint density at radius 1 is 1.25 bits per heavy atom. The zero-order valence-electron chi connectivity index (χ0n) is 11.0. The van der Waals surface area contributed by atoms with Crippen LogP contribution in [0, 0.1) is 0 Å². The Morgan fingerprint density at radius 3 is 2.80 bits per heavy atom. The molecule has 2 N–H and O–H groups in total. The van der Waals surface area contributed by atoms with Gasteiger partial charge < -0.3 is 10.6 Å². The number of fused-ring (bicyclic) bond motifs is 1. The molecule has 1 aromatic heterocycles. The number of benzene rings is 1. The van der Waals surface area contributed by atoms with Crippen molar-refractivity contribution in [2.75, 3.05) is 13.1 Å². The van der Waals surface area contributed by atoms with Crippen molar-refractivity contribution in [1.82, 2.24) is 15.6 Å². The molecule has 104 valence electrons. The van der Waals surface area contributed by atoms with Gasteiger partial charge in [-0.15, -0.1) is 0 Å². The molecular weight excluding hydrogens is 274 g/mol. The summed E-state index contributed by atoms with van der Waals surface area (Å²) in [5.74, 6) is -0.112. The molecule has 0 spiro atoms. The lowest BCUT2D eigenvalue weighted by Crippen LogP contribution is -2.42. The summed E-state index contributed by atoms with van der Waals surface area (Å²) in [6.07, 6.45) is 1.93. The second-order valence-electron chi connectivity index (χ2n) is 5.03. The van der Waals surface area contributed by atoms with E-state index in [-0.39, 0.29) is 11.9 Å². The molecule has 0 radical (unpaired) electrons. The maximum Gasteiger partial charge on any atom is 0.270 e. The fraction of sp³-hybridized carbons (Fsp3) is 0.333. The molecule has 0 bridgehead atoms. The number of amides is 1. The Morgan fingerprint density at radius 2 is 2.00 bits per heavy atom. The van der Waals surface area contributed by atoms with Crippen LogP contribution in [0.5, 0.6) is 0 Å². The van der Waals surface area contributed by atoms with Gasteiger partial charge in [0, 0.05) is 16.5 Å². The number of halogens is 1. The minimum absolute atomic E-state index is 0.112. The Labute approximate surface area is 122 Å². The van der Waals surface area contributed by atoms with E-state index in [1.807, 2.05) is 18.2 Å². The van der Waals surface area contributed by atoms with Gasteiger partial charge in [-0.1, -0.05) is 23.7 Å². The van der Waals surface area contributed by atoms with Gasteiger partial charge in [-0.2, -0.15) is 0 Å². The Kier molecular flexibility index (Phi) is 3.85. The first-order valence-electron chi connectivity index (χ1n) is 6.80. The van der Waals surface area contributed by atoms with Crippen molar-refractivity contribution in [3.63, 3.8) is 0 Å². The summed E-state index contributed by atoms with van der Waals surface area (Å²) in [5.41, 5.74) is 1.19. The lowest BCUT2D eigenvalue weighted by Gasteiger charge is -2.23. The van der Waals surface area contributed by atoms with E-state index >= 15 is 0 Å². The van der Waals surface area contributed by atoms with Gasteiger partial charge in [-0.25, -0.2) is 4.98 Å². The third-order valence-electron chi connectivity index (χ3n) is 3.56. The molecule has 2 aromatic rings. The first-order valence-corrected chi connectivity index (χ1v) is 7.18. The number of nitrogens with zero attached hydrogens (tertiary/aromatic N) is 1. The normalized spacial score (nSPS) is 16.2. The fourth-order valence-corrected chi connectivity index (χ4v) is 2.61. The predicted molar refractivity (Wildman–Crippen MR) is 80.1 cm³/mol. The van der Waals surface area contributed by atoms with Crippen LogP contribution in [-0.4, -0.2) is 30.0 Å². The zero-order valence-corrected chi connectivity index (χ0v) is 11.8. The van der Waals surface area contributed by atoms with Crippen LogP contribution in [0.15, 0.2) is 30.3 Å². The van der Waals surface area contributed by atoms with Crippen LogP contribution in [0.2, 0.25) is 5.02 Å². The van der Waals surface area contributed by atoms with Crippen molar-refractivity contribution in [3.05, 3.63) is 41.0 Å². The molecule has 1 amide bonds. The maximum absolute atomic E-state index is 12.2. The highest BCUT2D eigenvalue weighted by molar-refractivity contribution is 6.31. The molecule has 5 heteroatoms. The first kappa shape index (κ1) is 13.3. The van der Waals surface area contributed by atoms with Crippen LogP contribution < -0.4 is 10.6 Å². The quantitative estimate of drug-likeness (QED) is 0.892. The number of rotatable bonds is 2. The van der Waals surface area contributed by atoms with E-state index in [0.717, 1.165) is 36.8 Å². The number of carbonyl (C=O) groups is 1. The number of aromatic nitrogens is 1. The number of nitrogens with one attached hydrogen (secondary N) is 2. The monoisotopic (exact) mass is 289 g/mol. The molecule has 0 atom stereocenters. The van der Waals surface area contributed by atoms with Gasteiger partial charge in [-0.05, 0) is 44.1 Å². The van der Waals surface area contributed by atoms with Gasteiger partial charge in [0.05, 0.1) is 5.52 Å². The van der Waals surface area contributed by atoms with Crippen LogP contribution in [0.25, 0.3) is 10.9 Å². The third kappa shape index (κ3) is 2.92. The Hall–Kier alpha value is -1.65. The second kappa shape index (κ2) is 5.77. The first-order chi connectivity index (χ1) is 9.72. The number of carbonyl (C=O) groups excluding carboxylic acids is 1. The van der Waals surface area contributed by atoms with E-state index in [9.17, 15) is 4.79 Å². The van der Waals surface area contributed by atoms with E-state index in [1.54, 1.807) is 12.1 Å². The fourth-order valence-electron chi connectivity index (χ4n) is 2.44. The van der Waals surface area contributed by atoms with Crippen molar-refractivity contribution < 1.29 is 4.79 Å². The topological polar surface area (TPSA) is 54.0 Å². The molecule has 1 aromatic carbocycles. The molecule has 0 aliphatic carbocycles. The van der Waals surface area contributed by atoms with Crippen molar-refractivity contribution in [1.29, 1.82) is 0 Å². The lowest BCUT2D eigenvalue weighted by molar-refractivity contribution is 0.0925. The van der Waals surface area contributed by atoms with Crippen LogP contribution in [0.3, 0.4) is 0 Å². The van der Waals surface area contributed by atoms with Gasteiger partial charge in [0.1, 0.15) is 5.69 Å². The highest BCUT2D eigenvalue weighted by Gasteiger charge is 2.17. The average Bonchev–Trinajstić information content (AvgIpc) is 2.47.